The number of amides is 1. The molecule has 0 saturated carbocycles. The Morgan fingerprint density at radius 2 is 2.10 bits per heavy atom. The normalized spacial score (nSPS) is 13.6. The number of hydrogen-bond acceptors (Lipinski definition) is 4. The van der Waals surface area contributed by atoms with Gasteiger partial charge in [0.2, 0.25) is 0 Å². The summed E-state index contributed by atoms with van der Waals surface area (Å²) in [4.78, 5) is 23.2. The molecule has 8 heteroatoms. The van der Waals surface area contributed by atoms with Crippen LogP contribution < -0.4 is 10.1 Å². The molecule has 0 aliphatic carbocycles. The van der Waals surface area contributed by atoms with Gasteiger partial charge in [-0.1, -0.05) is 6.07 Å². The van der Waals surface area contributed by atoms with E-state index in [9.17, 15) is 18.4 Å². The van der Waals surface area contributed by atoms with Gasteiger partial charge in [-0.3, -0.25) is 4.79 Å². The summed E-state index contributed by atoms with van der Waals surface area (Å²) in [6.45, 7) is -1.99. The van der Waals surface area contributed by atoms with Crippen LogP contribution in [-0.4, -0.2) is 42.9 Å². The van der Waals surface area contributed by atoms with Crippen LogP contribution in [0.4, 0.5) is 8.78 Å². The van der Waals surface area contributed by atoms with Crippen molar-refractivity contribution in [3.63, 3.8) is 0 Å². The van der Waals surface area contributed by atoms with Gasteiger partial charge in [0.05, 0.1) is 6.61 Å². The zero-order valence-corrected chi connectivity index (χ0v) is 11.4. The monoisotopic (exact) mass is 303 g/mol. The summed E-state index contributed by atoms with van der Waals surface area (Å²) in [6.07, 6.45) is 0. The van der Waals surface area contributed by atoms with Crippen LogP contribution in [-0.2, 0) is 9.53 Å². The highest BCUT2D eigenvalue weighted by molar-refractivity contribution is 5.98. The van der Waals surface area contributed by atoms with Crippen molar-refractivity contribution in [1.29, 1.82) is 0 Å². The number of hydrogen-bond donors (Lipinski definition) is 2. The number of carboxylic acids is 1. The number of carbonyl (C=O) groups excluding carboxylic acids is 1. The van der Waals surface area contributed by atoms with Crippen LogP contribution in [0.2, 0.25) is 0 Å². The van der Waals surface area contributed by atoms with Crippen LogP contribution in [0.5, 0.6) is 5.75 Å². The van der Waals surface area contributed by atoms with Crippen molar-refractivity contribution in [2.75, 3.05) is 13.7 Å². The van der Waals surface area contributed by atoms with E-state index in [0.717, 1.165) is 6.07 Å². The van der Waals surface area contributed by atoms with Gasteiger partial charge in [0.15, 0.2) is 5.54 Å². The molecule has 0 radical (unpaired) electrons. The van der Waals surface area contributed by atoms with E-state index >= 15 is 0 Å². The second-order valence-corrected chi connectivity index (χ2v) is 4.43. The molecule has 0 bridgehead atoms. The van der Waals surface area contributed by atoms with Crippen molar-refractivity contribution in [3.8, 4) is 5.75 Å². The molecule has 1 amide bonds. The maximum Gasteiger partial charge on any atom is 0.387 e. The minimum atomic E-state index is -3.01. The topological polar surface area (TPSA) is 84.9 Å². The van der Waals surface area contributed by atoms with Crippen molar-refractivity contribution < 1.29 is 33.0 Å². The van der Waals surface area contributed by atoms with Gasteiger partial charge in [-0.25, -0.2) is 4.79 Å². The van der Waals surface area contributed by atoms with E-state index in [0.29, 0.717) is 0 Å². The Labute approximate surface area is 119 Å². The van der Waals surface area contributed by atoms with Crippen molar-refractivity contribution in [2.45, 2.75) is 19.1 Å². The van der Waals surface area contributed by atoms with E-state index in [1.807, 2.05) is 0 Å². The molecule has 1 aromatic carbocycles. The van der Waals surface area contributed by atoms with E-state index < -0.39 is 24.0 Å². The number of aliphatic carboxylic acids is 1. The lowest BCUT2D eigenvalue weighted by Crippen LogP contribution is -2.55. The first-order chi connectivity index (χ1) is 9.78. The minimum Gasteiger partial charge on any atom is -0.479 e. The average molecular weight is 303 g/mol. The lowest BCUT2D eigenvalue weighted by molar-refractivity contribution is -0.145. The largest absolute Gasteiger partial charge is 0.479 e. The summed E-state index contributed by atoms with van der Waals surface area (Å²) in [5.74, 6) is -2.21. The van der Waals surface area contributed by atoms with E-state index in [1.54, 1.807) is 0 Å². The molecule has 1 rings (SSSR count). The molecule has 21 heavy (non-hydrogen) atoms. The molecule has 6 nitrogen and oxygen atoms in total. The van der Waals surface area contributed by atoms with Crippen LogP contribution in [0.1, 0.15) is 17.3 Å². The summed E-state index contributed by atoms with van der Waals surface area (Å²) in [6, 6.07) is 5.05. The number of nitrogens with one attached hydrogen (secondary N) is 1. The molecule has 0 fully saturated rings. The van der Waals surface area contributed by atoms with Crippen molar-refractivity contribution >= 4 is 11.9 Å². The molecular formula is C13H15F2NO5. The summed E-state index contributed by atoms with van der Waals surface area (Å²) in [5, 5.41) is 11.4. The third-order valence-electron chi connectivity index (χ3n) is 2.62. The van der Waals surface area contributed by atoms with E-state index in [1.165, 1.54) is 32.2 Å². The molecule has 0 heterocycles. The lowest BCUT2D eigenvalue weighted by atomic mass is 10.0. The number of halogens is 2. The van der Waals surface area contributed by atoms with Crippen molar-refractivity contribution in [1.82, 2.24) is 5.32 Å². The van der Waals surface area contributed by atoms with Gasteiger partial charge in [-0.05, 0) is 25.1 Å². The number of alkyl halides is 2. The maximum atomic E-state index is 12.1. The van der Waals surface area contributed by atoms with Crippen molar-refractivity contribution in [2.24, 2.45) is 0 Å². The smallest absolute Gasteiger partial charge is 0.387 e. The molecule has 0 aromatic heterocycles. The Hall–Kier alpha value is -2.22. The fourth-order valence-electron chi connectivity index (χ4n) is 1.58. The van der Waals surface area contributed by atoms with Crippen LogP contribution >= 0.6 is 0 Å². The van der Waals surface area contributed by atoms with Gasteiger partial charge in [-0.2, -0.15) is 8.78 Å². The van der Waals surface area contributed by atoms with Gasteiger partial charge in [-0.15, -0.1) is 0 Å². The van der Waals surface area contributed by atoms with Gasteiger partial charge in [0.1, 0.15) is 5.75 Å². The standard InChI is InChI=1S/C13H15F2NO5/c1-13(7-20-2,11(18)19)16-10(17)8-4-3-5-9(6-8)21-12(14)15/h3-6,12H,7H2,1-2H3,(H,16,17)(H,18,19). The summed E-state index contributed by atoms with van der Waals surface area (Å²) in [7, 11) is 1.30. The van der Waals surface area contributed by atoms with Gasteiger partial charge < -0.3 is 19.9 Å². The van der Waals surface area contributed by atoms with E-state index in [-0.39, 0.29) is 17.9 Å². The molecule has 0 aliphatic rings. The van der Waals surface area contributed by atoms with E-state index in [4.69, 9.17) is 9.84 Å². The maximum absolute atomic E-state index is 12.1. The molecular weight excluding hydrogens is 288 g/mol. The van der Waals surface area contributed by atoms with Crippen LogP contribution in [0.3, 0.4) is 0 Å². The fourth-order valence-corrected chi connectivity index (χ4v) is 1.58. The Bertz CT molecular complexity index is 523. The fraction of sp³-hybridized carbons (Fsp3) is 0.385. The highest BCUT2D eigenvalue weighted by Crippen LogP contribution is 2.17. The molecule has 0 aliphatic heterocycles. The van der Waals surface area contributed by atoms with Gasteiger partial charge >= 0.3 is 12.6 Å². The average Bonchev–Trinajstić information content (AvgIpc) is 2.38. The Morgan fingerprint density at radius 1 is 1.43 bits per heavy atom. The van der Waals surface area contributed by atoms with Crippen LogP contribution in [0, 0.1) is 0 Å². The second-order valence-electron chi connectivity index (χ2n) is 4.43. The predicted molar refractivity (Wildman–Crippen MR) is 68.5 cm³/mol. The first-order valence-corrected chi connectivity index (χ1v) is 5.88. The quantitative estimate of drug-likeness (QED) is 0.797. The third kappa shape index (κ3) is 4.67. The number of carbonyl (C=O) groups is 2. The Kier molecular flexibility index (Phi) is 5.60. The number of methoxy groups -OCH3 is 1. The minimum absolute atomic E-state index is 0.00303. The molecule has 1 unspecified atom stereocenters. The van der Waals surface area contributed by atoms with Gasteiger partial charge in [0, 0.05) is 12.7 Å². The van der Waals surface area contributed by atoms with Crippen LogP contribution in [0.25, 0.3) is 0 Å². The number of rotatable bonds is 7. The summed E-state index contributed by atoms with van der Waals surface area (Å²) >= 11 is 0. The Balaban J connectivity index is 2.90. The molecule has 116 valence electrons. The Morgan fingerprint density at radius 3 is 2.62 bits per heavy atom. The van der Waals surface area contributed by atoms with Crippen LogP contribution in [0.15, 0.2) is 24.3 Å². The first-order valence-electron chi connectivity index (χ1n) is 5.88. The third-order valence-corrected chi connectivity index (χ3v) is 2.62. The number of benzene rings is 1. The van der Waals surface area contributed by atoms with Crippen molar-refractivity contribution in [3.05, 3.63) is 29.8 Å². The first kappa shape index (κ1) is 16.8. The summed E-state index contributed by atoms with van der Waals surface area (Å²) in [5.41, 5.74) is -1.64. The molecule has 1 atom stereocenters. The SMILES string of the molecule is COCC(C)(NC(=O)c1cccc(OC(F)F)c1)C(=O)O. The zero-order chi connectivity index (χ0) is 16.0. The zero-order valence-electron chi connectivity index (χ0n) is 11.4. The molecule has 0 saturated heterocycles. The molecule has 0 spiro atoms. The number of ether oxygens (including phenoxy) is 2. The predicted octanol–water partition coefficient (Wildman–Crippen LogP) is 1.51. The highest BCUT2D eigenvalue weighted by atomic mass is 19.3. The summed E-state index contributed by atoms with van der Waals surface area (Å²) < 4.78 is 33.2. The van der Waals surface area contributed by atoms with E-state index in [2.05, 4.69) is 10.1 Å². The lowest BCUT2D eigenvalue weighted by Gasteiger charge is -2.25. The molecule has 1 aromatic rings. The highest BCUT2D eigenvalue weighted by Gasteiger charge is 2.35. The second kappa shape index (κ2) is 6.98. The van der Waals surface area contributed by atoms with Gasteiger partial charge in [0.25, 0.3) is 5.91 Å². The number of carboxylic acid groups (broad SMARTS) is 1. The molecule has 2 N–H and O–H groups in total.